The highest BCUT2D eigenvalue weighted by molar-refractivity contribution is 7.89. The van der Waals surface area contributed by atoms with E-state index in [9.17, 15) is 8.42 Å². The van der Waals surface area contributed by atoms with Gasteiger partial charge in [0.15, 0.2) is 0 Å². The molecule has 0 amide bonds. The summed E-state index contributed by atoms with van der Waals surface area (Å²) in [5, 5.41) is 9.78. The van der Waals surface area contributed by atoms with Crippen LogP contribution >= 0.6 is 0 Å². The van der Waals surface area contributed by atoms with Crippen LogP contribution < -0.4 is 5.32 Å². The van der Waals surface area contributed by atoms with Crippen LogP contribution in [-0.2, 0) is 16.6 Å². The molecule has 16 heavy (non-hydrogen) atoms. The van der Waals surface area contributed by atoms with E-state index < -0.39 is 10.0 Å². The first-order chi connectivity index (χ1) is 7.41. The van der Waals surface area contributed by atoms with E-state index in [4.69, 9.17) is 0 Å². The van der Waals surface area contributed by atoms with Gasteiger partial charge in [-0.3, -0.25) is 5.10 Å². The van der Waals surface area contributed by atoms with Crippen molar-refractivity contribution in [3.8, 4) is 0 Å². The van der Waals surface area contributed by atoms with Gasteiger partial charge >= 0.3 is 0 Å². The summed E-state index contributed by atoms with van der Waals surface area (Å²) in [4.78, 5) is 0.276. The molecule has 0 saturated heterocycles. The first-order valence-corrected chi connectivity index (χ1v) is 6.52. The Morgan fingerprint density at radius 1 is 1.44 bits per heavy atom. The Bertz CT molecular complexity index is 450. The van der Waals surface area contributed by atoms with Gasteiger partial charge in [0.2, 0.25) is 10.0 Å². The van der Waals surface area contributed by atoms with E-state index in [-0.39, 0.29) is 4.90 Å². The summed E-state index contributed by atoms with van der Waals surface area (Å²) in [5.41, 5.74) is 1.11. The Morgan fingerprint density at radius 3 is 2.56 bits per heavy atom. The highest BCUT2D eigenvalue weighted by Crippen LogP contribution is 2.20. The molecule has 0 aliphatic heterocycles. The van der Waals surface area contributed by atoms with E-state index in [1.54, 1.807) is 6.92 Å². The van der Waals surface area contributed by atoms with Crippen LogP contribution in [0.4, 0.5) is 0 Å². The standard InChI is InChI=1S/C9H18N4O2S/c1-5-10-6-8-9(7(2)11-12-8)16(14,15)13(3)4/h10H,5-6H2,1-4H3,(H,11,12). The van der Waals surface area contributed by atoms with Gasteiger partial charge in [0, 0.05) is 20.6 Å². The Hall–Kier alpha value is -0.920. The van der Waals surface area contributed by atoms with Crippen molar-refractivity contribution in [1.29, 1.82) is 0 Å². The maximum atomic E-state index is 12.0. The molecule has 7 heteroatoms. The summed E-state index contributed by atoms with van der Waals surface area (Å²) < 4.78 is 25.3. The third-order valence-corrected chi connectivity index (χ3v) is 4.26. The monoisotopic (exact) mass is 246 g/mol. The average Bonchev–Trinajstić information content (AvgIpc) is 2.56. The minimum Gasteiger partial charge on any atom is -0.311 e. The minimum absolute atomic E-state index is 0.276. The van der Waals surface area contributed by atoms with E-state index in [0.717, 1.165) is 6.54 Å². The summed E-state index contributed by atoms with van der Waals surface area (Å²) in [5.74, 6) is 0. The van der Waals surface area contributed by atoms with Gasteiger partial charge in [-0.05, 0) is 13.5 Å². The van der Waals surface area contributed by atoms with Crippen molar-refractivity contribution in [3.05, 3.63) is 11.4 Å². The van der Waals surface area contributed by atoms with Crippen LogP contribution in [0.15, 0.2) is 4.90 Å². The molecule has 0 aliphatic rings. The Balaban J connectivity index is 3.17. The highest BCUT2D eigenvalue weighted by Gasteiger charge is 2.25. The quantitative estimate of drug-likeness (QED) is 0.771. The molecule has 0 saturated carbocycles. The van der Waals surface area contributed by atoms with Crippen molar-refractivity contribution in [2.75, 3.05) is 20.6 Å². The summed E-state index contributed by atoms with van der Waals surface area (Å²) in [6.45, 7) is 4.88. The molecule has 0 radical (unpaired) electrons. The number of sulfonamides is 1. The van der Waals surface area contributed by atoms with Gasteiger partial charge in [-0.25, -0.2) is 12.7 Å². The largest absolute Gasteiger partial charge is 0.311 e. The smallest absolute Gasteiger partial charge is 0.246 e. The third kappa shape index (κ3) is 2.42. The van der Waals surface area contributed by atoms with Crippen LogP contribution in [0.25, 0.3) is 0 Å². The molecule has 1 rings (SSSR count). The second-order valence-electron chi connectivity index (χ2n) is 3.69. The SMILES string of the molecule is CCNCc1n[nH]c(C)c1S(=O)(=O)N(C)C. The zero-order valence-corrected chi connectivity index (χ0v) is 10.8. The first-order valence-electron chi connectivity index (χ1n) is 5.08. The lowest BCUT2D eigenvalue weighted by molar-refractivity contribution is 0.518. The van der Waals surface area contributed by atoms with E-state index in [2.05, 4.69) is 15.5 Å². The van der Waals surface area contributed by atoms with E-state index in [1.807, 2.05) is 6.92 Å². The molecule has 0 spiro atoms. The molecule has 92 valence electrons. The molecule has 1 heterocycles. The number of aryl methyl sites for hydroxylation is 1. The van der Waals surface area contributed by atoms with Crippen molar-refractivity contribution in [2.45, 2.75) is 25.3 Å². The van der Waals surface area contributed by atoms with Gasteiger partial charge in [-0.15, -0.1) is 0 Å². The summed E-state index contributed by atoms with van der Waals surface area (Å²) in [6.07, 6.45) is 0. The Morgan fingerprint density at radius 2 is 2.06 bits per heavy atom. The molecule has 0 fully saturated rings. The molecule has 0 unspecified atom stereocenters. The third-order valence-electron chi connectivity index (χ3n) is 2.24. The number of aromatic nitrogens is 2. The van der Waals surface area contributed by atoms with Gasteiger partial charge in [0.05, 0.1) is 11.4 Å². The molecule has 6 nitrogen and oxygen atoms in total. The van der Waals surface area contributed by atoms with Crippen LogP contribution in [0.5, 0.6) is 0 Å². The fourth-order valence-electron chi connectivity index (χ4n) is 1.36. The van der Waals surface area contributed by atoms with Crippen molar-refractivity contribution in [1.82, 2.24) is 19.8 Å². The number of rotatable bonds is 5. The van der Waals surface area contributed by atoms with Gasteiger partial charge in [-0.2, -0.15) is 5.10 Å². The van der Waals surface area contributed by atoms with Crippen molar-refractivity contribution in [3.63, 3.8) is 0 Å². The van der Waals surface area contributed by atoms with Crippen LogP contribution in [-0.4, -0.2) is 43.6 Å². The van der Waals surface area contributed by atoms with E-state index in [1.165, 1.54) is 18.4 Å². The molecule has 0 bridgehead atoms. The number of H-pyrrole nitrogens is 1. The van der Waals surface area contributed by atoms with Gasteiger partial charge in [0.25, 0.3) is 0 Å². The number of nitrogens with zero attached hydrogens (tertiary/aromatic N) is 2. The molecule has 0 atom stereocenters. The number of aromatic amines is 1. The van der Waals surface area contributed by atoms with Crippen molar-refractivity contribution in [2.24, 2.45) is 0 Å². The molecule has 2 N–H and O–H groups in total. The molecule has 1 aromatic heterocycles. The molecular weight excluding hydrogens is 228 g/mol. The first kappa shape index (κ1) is 13.1. The molecule has 0 aliphatic carbocycles. The predicted octanol–water partition coefficient (Wildman–Crippen LogP) is 0.0779. The lowest BCUT2D eigenvalue weighted by Gasteiger charge is -2.12. The summed E-state index contributed by atoms with van der Waals surface area (Å²) >= 11 is 0. The number of hydrogen-bond acceptors (Lipinski definition) is 4. The lowest BCUT2D eigenvalue weighted by Crippen LogP contribution is -2.25. The number of nitrogens with one attached hydrogen (secondary N) is 2. The van der Waals surface area contributed by atoms with Crippen LogP contribution in [0, 0.1) is 6.92 Å². The van der Waals surface area contributed by atoms with Crippen LogP contribution in [0.1, 0.15) is 18.3 Å². The molecule has 1 aromatic rings. The molecular formula is C9H18N4O2S. The fourth-order valence-corrected chi connectivity index (χ4v) is 2.57. The van der Waals surface area contributed by atoms with Gasteiger partial charge in [0.1, 0.15) is 4.90 Å². The minimum atomic E-state index is -3.43. The van der Waals surface area contributed by atoms with Gasteiger partial charge < -0.3 is 5.32 Å². The maximum Gasteiger partial charge on any atom is 0.246 e. The predicted molar refractivity (Wildman–Crippen MR) is 61.6 cm³/mol. The second-order valence-corrected chi connectivity index (χ2v) is 5.78. The Kier molecular flexibility index (Phi) is 4.06. The highest BCUT2D eigenvalue weighted by atomic mass is 32.2. The van der Waals surface area contributed by atoms with E-state index >= 15 is 0 Å². The topological polar surface area (TPSA) is 78.1 Å². The zero-order valence-electron chi connectivity index (χ0n) is 10.0. The summed E-state index contributed by atoms with van der Waals surface area (Å²) in [6, 6.07) is 0. The second kappa shape index (κ2) is 4.94. The van der Waals surface area contributed by atoms with Crippen LogP contribution in [0.3, 0.4) is 0 Å². The van der Waals surface area contributed by atoms with Crippen LogP contribution in [0.2, 0.25) is 0 Å². The fraction of sp³-hybridized carbons (Fsp3) is 0.667. The maximum absolute atomic E-state index is 12.0. The normalized spacial score (nSPS) is 12.3. The Labute approximate surface area is 96.1 Å². The van der Waals surface area contributed by atoms with Crippen molar-refractivity contribution >= 4 is 10.0 Å². The lowest BCUT2D eigenvalue weighted by atomic mass is 10.3. The van der Waals surface area contributed by atoms with Gasteiger partial charge in [-0.1, -0.05) is 6.92 Å². The van der Waals surface area contributed by atoms with E-state index in [0.29, 0.717) is 17.9 Å². The zero-order chi connectivity index (χ0) is 12.3. The molecule has 0 aromatic carbocycles. The number of hydrogen-bond donors (Lipinski definition) is 2. The average molecular weight is 246 g/mol. The summed E-state index contributed by atoms with van der Waals surface area (Å²) in [7, 11) is -0.400. The van der Waals surface area contributed by atoms with Crippen molar-refractivity contribution < 1.29 is 8.42 Å².